The number of carbonyl (C=O) groups excluding carboxylic acids is 2. The van der Waals surface area contributed by atoms with Crippen LogP contribution in [0.15, 0.2) is 48.5 Å². The molecule has 1 unspecified atom stereocenters. The van der Waals surface area contributed by atoms with Crippen LogP contribution in [0.2, 0.25) is 0 Å². The van der Waals surface area contributed by atoms with Crippen molar-refractivity contribution in [1.82, 2.24) is 5.32 Å². The van der Waals surface area contributed by atoms with Crippen molar-refractivity contribution in [2.24, 2.45) is 0 Å². The van der Waals surface area contributed by atoms with E-state index in [2.05, 4.69) is 5.32 Å². The molecule has 150 valence electrons. The number of hydrogen-bond donors (Lipinski definition) is 1. The standard InChI is InChI=1S/C21H24FNO5/c1-15(24)23-20(16-4-8-18(26-2)9-5-16)14-21(25)28-13-3-12-27-19-10-6-17(22)7-11-19/h4-11,20H,3,12-14H2,1-2H3,(H,23,24). The summed E-state index contributed by atoms with van der Waals surface area (Å²) < 4.78 is 28.6. The molecule has 1 N–H and O–H groups in total. The van der Waals surface area contributed by atoms with E-state index in [-0.39, 0.29) is 24.8 Å². The van der Waals surface area contributed by atoms with Crippen molar-refractivity contribution in [3.63, 3.8) is 0 Å². The lowest BCUT2D eigenvalue weighted by atomic mass is 10.0. The summed E-state index contributed by atoms with van der Waals surface area (Å²) in [6.45, 7) is 1.93. The van der Waals surface area contributed by atoms with Gasteiger partial charge in [-0.25, -0.2) is 4.39 Å². The van der Waals surface area contributed by atoms with E-state index in [1.807, 2.05) is 0 Å². The maximum absolute atomic E-state index is 12.8. The highest BCUT2D eigenvalue weighted by Gasteiger charge is 2.18. The monoisotopic (exact) mass is 389 g/mol. The van der Waals surface area contributed by atoms with Gasteiger partial charge in [-0.15, -0.1) is 0 Å². The third-order valence-electron chi connectivity index (χ3n) is 3.90. The Morgan fingerprint density at radius 2 is 1.64 bits per heavy atom. The summed E-state index contributed by atoms with van der Waals surface area (Å²) in [5, 5.41) is 2.76. The van der Waals surface area contributed by atoms with E-state index >= 15 is 0 Å². The number of benzene rings is 2. The Bertz CT molecular complexity index is 761. The van der Waals surface area contributed by atoms with Crippen molar-refractivity contribution < 1.29 is 28.2 Å². The van der Waals surface area contributed by atoms with E-state index < -0.39 is 12.0 Å². The highest BCUT2D eigenvalue weighted by atomic mass is 19.1. The molecule has 0 saturated carbocycles. The van der Waals surface area contributed by atoms with Crippen LogP contribution in [0.1, 0.15) is 31.4 Å². The number of nitrogens with one attached hydrogen (secondary N) is 1. The third kappa shape index (κ3) is 7.26. The Balaban J connectivity index is 1.77. The van der Waals surface area contributed by atoms with Gasteiger partial charge in [-0.2, -0.15) is 0 Å². The zero-order chi connectivity index (χ0) is 20.4. The molecule has 28 heavy (non-hydrogen) atoms. The van der Waals surface area contributed by atoms with E-state index in [1.165, 1.54) is 31.2 Å². The molecule has 6 nitrogen and oxygen atoms in total. The number of rotatable bonds is 10. The fourth-order valence-electron chi connectivity index (χ4n) is 2.53. The molecule has 0 radical (unpaired) electrons. The lowest BCUT2D eigenvalue weighted by molar-refractivity contribution is -0.144. The van der Waals surface area contributed by atoms with Gasteiger partial charge in [0.2, 0.25) is 5.91 Å². The second-order valence-electron chi connectivity index (χ2n) is 6.11. The maximum atomic E-state index is 12.8. The van der Waals surface area contributed by atoms with Gasteiger partial charge < -0.3 is 19.5 Å². The minimum absolute atomic E-state index is 0.0186. The predicted molar refractivity (Wildman–Crippen MR) is 102 cm³/mol. The summed E-state index contributed by atoms with van der Waals surface area (Å²) >= 11 is 0. The number of hydrogen-bond acceptors (Lipinski definition) is 5. The van der Waals surface area contributed by atoms with Crippen LogP contribution < -0.4 is 14.8 Å². The van der Waals surface area contributed by atoms with Crippen molar-refractivity contribution in [3.8, 4) is 11.5 Å². The Labute approximate surface area is 163 Å². The summed E-state index contributed by atoms with van der Waals surface area (Å²) in [5.41, 5.74) is 0.785. The van der Waals surface area contributed by atoms with Crippen molar-refractivity contribution >= 4 is 11.9 Å². The molecule has 0 bridgehead atoms. The fourth-order valence-corrected chi connectivity index (χ4v) is 2.53. The molecular weight excluding hydrogens is 365 g/mol. The first-order chi connectivity index (χ1) is 13.5. The Kier molecular flexibility index (Phi) is 8.27. The van der Waals surface area contributed by atoms with E-state index in [9.17, 15) is 14.0 Å². The fraction of sp³-hybridized carbons (Fsp3) is 0.333. The number of esters is 1. The Morgan fingerprint density at radius 3 is 2.25 bits per heavy atom. The summed E-state index contributed by atoms with van der Waals surface area (Å²) in [6.07, 6.45) is 0.515. The molecule has 0 fully saturated rings. The van der Waals surface area contributed by atoms with Crippen molar-refractivity contribution in [2.45, 2.75) is 25.8 Å². The van der Waals surface area contributed by atoms with Gasteiger partial charge in [-0.1, -0.05) is 12.1 Å². The van der Waals surface area contributed by atoms with Crippen molar-refractivity contribution in [3.05, 3.63) is 59.9 Å². The molecule has 0 aliphatic rings. The molecule has 7 heteroatoms. The summed E-state index contributed by atoms with van der Waals surface area (Å²) in [4.78, 5) is 23.6. The number of methoxy groups -OCH3 is 1. The van der Waals surface area contributed by atoms with E-state index in [0.717, 1.165) is 5.56 Å². The number of halogens is 1. The molecule has 1 atom stereocenters. The van der Waals surface area contributed by atoms with E-state index in [1.54, 1.807) is 31.4 Å². The Hall–Kier alpha value is -3.09. The maximum Gasteiger partial charge on any atom is 0.308 e. The van der Waals surface area contributed by atoms with Crippen LogP contribution in [0, 0.1) is 5.82 Å². The quantitative estimate of drug-likeness (QED) is 0.498. The van der Waals surface area contributed by atoms with Gasteiger partial charge in [0.25, 0.3) is 0 Å². The highest BCUT2D eigenvalue weighted by molar-refractivity contribution is 5.76. The topological polar surface area (TPSA) is 73.9 Å². The average molecular weight is 389 g/mol. The largest absolute Gasteiger partial charge is 0.497 e. The van der Waals surface area contributed by atoms with Crippen LogP contribution in [-0.2, 0) is 14.3 Å². The third-order valence-corrected chi connectivity index (χ3v) is 3.90. The zero-order valence-corrected chi connectivity index (χ0v) is 15.9. The number of carbonyl (C=O) groups is 2. The first-order valence-electron chi connectivity index (χ1n) is 8.93. The predicted octanol–water partition coefficient (Wildman–Crippen LogP) is 3.41. The van der Waals surface area contributed by atoms with E-state index in [0.29, 0.717) is 24.5 Å². The first kappa shape index (κ1) is 21.2. The summed E-state index contributed by atoms with van der Waals surface area (Å²) in [6, 6.07) is 12.3. The second-order valence-corrected chi connectivity index (χ2v) is 6.11. The molecular formula is C21H24FNO5. The number of amides is 1. The smallest absolute Gasteiger partial charge is 0.308 e. The zero-order valence-electron chi connectivity index (χ0n) is 15.9. The van der Waals surface area contributed by atoms with Gasteiger partial charge in [0.05, 0.1) is 32.8 Å². The second kappa shape index (κ2) is 10.9. The van der Waals surface area contributed by atoms with Gasteiger partial charge in [-0.3, -0.25) is 9.59 Å². The SMILES string of the molecule is COc1ccc(C(CC(=O)OCCCOc2ccc(F)cc2)NC(C)=O)cc1. The normalized spacial score (nSPS) is 11.4. The molecule has 2 rings (SSSR count). The lowest BCUT2D eigenvalue weighted by Crippen LogP contribution is -2.28. The van der Waals surface area contributed by atoms with Crippen LogP contribution in [0.5, 0.6) is 11.5 Å². The minimum atomic E-state index is -0.480. The molecule has 1 amide bonds. The van der Waals surface area contributed by atoms with Crippen LogP contribution in [-0.4, -0.2) is 32.2 Å². The van der Waals surface area contributed by atoms with Crippen molar-refractivity contribution in [2.75, 3.05) is 20.3 Å². The summed E-state index contributed by atoms with van der Waals surface area (Å²) in [7, 11) is 1.57. The van der Waals surface area contributed by atoms with Gasteiger partial charge in [0, 0.05) is 13.3 Å². The first-order valence-corrected chi connectivity index (χ1v) is 8.93. The van der Waals surface area contributed by atoms with Crippen LogP contribution in [0.4, 0.5) is 4.39 Å². The van der Waals surface area contributed by atoms with Crippen LogP contribution in [0.3, 0.4) is 0 Å². The molecule has 0 aliphatic heterocycles. The van der Waals surface area contributed by atoms with Gasteiger partial charge in [0.1, 0.15) is 17.3 Å². The highest BCUT2D eigenvalue weighted by Crippen LogP contribution is 2.21. The van der Waals surface area contributed by atoms with Crippen LogP contribution in [0.25, 0.3) is 0 Å². The lowest BCUT2D eigenvalue weighted by Gasteiger charge is -2.18. The molecule has 2 aromatic rings. The number of ether oxygens (including phenoxy) is 3. The van der Waals surface area contributed by atoms with Gasteiger partial charge in [0.15, 0.2) is 0 Å². The van der Waals surface area contributed by atoms with E-state index in [4.69, 9.17) is 14.2 Å². The molecule has 2 aromatic carbocycles. The van der Waals surface area contributed by atoms with Gasteiger partial charge in [-0.05, 0) is 42.0 Å². The molecule has 0 heterocycles. The van der Waals surface area contributed by atoms with Gasteiger partial charge >= 0.3 is 5.97 Å². The molecule has 0 aromatic heterocycles. The van der Waals surface area contributed by atoms with Crippen molar-refractivity contribution in [1.29, 1.82) is 0 Å². The molecule has 0 aliphatic carbocycles. The summed E-state index contributed by atoms with van der Waals surface area (Å²) in [5.74, 6) is 0.261. The molecule has 0 saturated heterocycles. The van der Waals surface area contributed by atoms with Crippen LogP contribution >= 0.6 is 0 Å². The minimum Gasteiger partial charge on any atom is -0.497 e. The molecule has 0 spiro atoms. The Morgan fingerprint density at radius 1 is 1.00 bits per heavy atom. The average Bonchev–Trinajstić information content (AvgIpc) is 2.68.